The Labute approximate surface area is 229 Å². The molecule has 206 valence electrons. The molecule has 0 aliphatic carbocycles. The molecule has 0 bridgehead atoms. The topological polar surface area (TPSA) is 179 Å². The monoisotopic (exact) mass is 562 g/mol. The van der Waals surface area contributed by atoms with E-state index in [2.05, 4.69) is 4.99 Å². The number of rotatable bonds is 10. The summed E-state index contributed by atoms with van der Waals surface area (Å²) in [4.78, 5) is 40.5. The number of carbonyl (C=O) groups excluding carboxylic acids is 1. The standard InChI is InChI=1S/C28H27N4O7P/c29-27(30)31-22-14-7-13-21(17-22)24(26(33)34)39-40(36,37)25(20-11-5-2-6-12-20)23-15-8-16-32(23)28(35)38-18-19-9-3-1-4-10-19/h1-17,24-25H,18H2,(H,33,34)(H,36,37)(H4,29,30,31). The average Bonchev–Trinajstić information content (AvgIpc) is 3.40. The van der Waals surface area contributed by atoms with Gasteiger partial charge in [0.25, 0.3) is 0 Å². The van der Waals surface area contributed by atoms with Crippen LogP contribution in [0.3, 0.4) is 0 Å². The molecule has 3 aromatic carbocycles. The first kappa shape index (κ1) is 28.3. The predicted octanol–water partition coefficient (Wildman–Crippen LogP) is 4.70. The number of benzene rings is 3. The van der Waals surface area contributed by atoms with E-state index in [0.717, 1.165) is 10.1 Å². The number of carboxylic acids is 1. The Balaban J connectivity index is 1.70. The van der Waals surface area contributed by atoms with Crippen LogP contribution < -0.4 is 11.5 Å². The van der Waals surface area contributed by atoms with Gasteiger partial charge in [0.1, 0.15) is 12.3 Å². The molecule has 1 heterocycles. The number of nitrogens with two attached hydrogens (primary N) is 2. The van der Waals surface area contributed by atoms with Crippen molar-refractivity contribution in [1.82, 2.24) is 4.57 Å². The Morgan fingerprint density at radius 1 is 0.900 bits per heavy atom. The third-order valence-corrected chi connectivity index (χ3v) is 7.54. The maximum Gasteiger partial charge on any atom is 0.418 e. The molecular formula is C28H27N4O7P. The molecule has 0 aliphatic heterocycles. The van der Waals surface area contributed by atoms with Crippen LogP contribution in [0, 0.1) is 0 Å². The number of aliphatic carboxylic acids is 1. The molecule has 3 unspecified atom stereocenters. The van der Waals surface area contributed by atoms with Crippen molar-refractivity contribution in [3.05, 3.63) is 126 Å². The minimum absolute atomic E-state index is 0.0200. The van der Waals surface area contributed by atoms with Gasteiger partial charge < -0.3 is 26.2 Å². The number of aromatic nitrogens is 1. The molecular weight excluding hydrogens is 535 g/mol. The van der Waals surface area contributed by atoms with Crippen LogP contribution in [-0.2, 0) is 25.2 Å². The van der Waals surface area contributed by atoms with Crippen molar-refractivity contribution in [1.29, 1.82) is 0 Å². The zero-order valence-corrected chi connectivity index (χ0v) is 22.0. The lowest BCUT2D eigenvalue weighted by Crippen LogP contribution is -2.22. The Kier molecular flexibility index (Phi) is 8.80. The molecule has 1 aromatic heterocycles. The molecule has 0 spiro atoms. The molecule has 6 N–H and O–H groups in total. The van der Waals surface area contributed by atoms with Crippen LogP contribution >= 0.6 is 7.60 Å². The molecule has 0 amide bonds. The van der Waals surface area contributed by atoms with E-state index in [1.807, 2.05) is 6.07 Å². The highest BCUT2D eigenvalue weighted by molar-refractivity contribution is 7.53. The van der Waals surface area contributed by atoms with Gasteiger partial charge in [0, 0.05) is 11.9 Å². The van der Waals surface area contributed by atoms with Crippen LogP contribution in [0.2, 0.25) is 0 Å². The SMILES string of the molecule is NC(N)=Nc1cccc(C(OP(=O)(O)C(c2ccccc2)c2cccn2C(=O)OCc2ccccc2)C(=O)O)c1. The summed E-state index contributed by atoms with van der Waals surface area (Å²) >= 11 is 0. The van der Waals surface area contributed by atoms with E-state index in [9.17, 15) is 24.2 Å². The number of ether oxygens (including phenoxy) is 1. The lowest BCUT2D eigenvalue weighted by molar-refractivity contribution is -0.145. The van der Waals surface area contributed by atoms with Crippen LogP contribution in [0.15, 0.2) is 108 Å². The summed E-state index contributed by atoms with van der Waals surface area (Å²) in [5.74, 6) is -1.76. The second kappa shape index (κ2) is 12.4. The Hall–Kier alpha value is -4.70. The number of nitrogens with zero attached hydrogens (tertiary/aromatic N) is 2. The van der Waals surface area contributed by atoms with E-state index in [1.165, 1.54) is 42.6 Å². The van der Waals surface area contributed by atoms with Crippen LogP contribution in [0.4, 0.5) is 10.5 Å². The van der Waals surface area contributed by atoms with Crippen molar-refractivity contribution in [2.75, 3.05) is 0 Å². The van der Waals surface area contributed by atoms with Gasteiger partial charge in [-0.05, 0) is 41.0 Å². The fourth-order valence-corrected chi connectivity index (χ4v) is 5.83. The normalized spacial score (nSPS) is 13.9. The van der Waals surface area contributed by atoms with E-state index in [0.29, 0.717) is 5.56 Å². The van der Waals surface area contributed by atoms with E-state index in [1.54, 1.807) is 54.6 Å². The molecule has 12 heteroatoms. The quantitative estimate of drug-likeness (QED) is 0.121. The van der Waals surface area contributed by atoms with Crippen molar-refractivity contribution in [2.45, 2.75) is 18.4 Å². The van der Waals surface area contributed by atoms with Gasteiger partial charge in [-0.15, -0.1) is 0 Å². The zero-order valence-electron chi connectivity index (χ0n) is 21.1. The summed E-state index contributed by atoms with van der Waals surface area (Å²) < 4.78 is 26.0. The third-order valence-electron chi connectivity index (χ3n) is 5.82. The lowest BCUT2D eigenvalue weighted by Gasteiger charge is -2.26. The summed E-state index contributed by atoms with van der Waals surface area (Å²) in [5.41, 5.74) is 10.8. The van der Waals surface area contributed by atoms with Crippen molar-refractivity contribution in [3.63, 3.8) is 0 Å². The Morgan fingerprint density at radius 3 is 2.20 bits per heavy atom. The number of carbonyl (C=O) groups is 2. The van der Waals surface area contributed by atoms with Crippen LogP contribution in [0.25, 0.3) is 0 Å². The van der Waals surface area contributed by atoms with Crippen molar-refractivity contribution < 1.29 is 33.4 Å². The van der Waals surface area contributed by atoms with Gasteiger partial charge in [-0.3, -0.25) is 13.7 Å². The molecule has 3 atom stereocenters. The van der Waals surface area contributed by atoms with Crippen LogP contribution in [-0.4, -0.2) is 32.6 Å². The first-order valence-electron chi connectivity index (χ1n) is 12.0. The highest BCUT2D eigenvalue weighted by Gasteiger charge is 2.42. The maximum absolute atomic E-state index is 14.0. The minimum Gasteiger partial charge on any atom is -0.479 e. The van der Waals surface area contributed by atoms with Gasteiger partial charge in [-0.1, -0.05) is 72.8 Å². The van der Waals surface area contributed by atoms with Gasteiger partial charge in [-0.2, -0.15) is 0 Å². The smallest absolute Gasteiger partial charge is 0.418 e. The molecule has 0 fully saturated rings. The summed E-state index contributed by atoms with van der Waals surface area (Å²) in [7, 11) is -4.87. The highest BCUT2D eigenvalue weighted by atomic mass is 31.2. The Morgan fingerprint density at radius 2 is 1.55 bits per heavy atom. The van der Waals surface area contributed by atoms with Gasteiger partial charge >= 0.3 is 19.7 Å². The fraction of sp³-hybridized carbons (Fsp3) is 0.107. The minimum atomic E-state index is -4.87. The van der Waals surface area contributed by atoms with E-state index in [-0.39, 0.29) is 29.5 Å². The maximum atomic E-state index is 14.0. The van der Waals surface area contributed by atoms with Gasteiger partial charge in [0.2, 0.25) is 0 Å². The number of hydrogen-bond donors (Lipinski definition) is 4. The van der Waals surface area contributed by atoms with E-state index < -0.39 is 31.4 Å². The third kappa shape index (κ3) is 6.83. The molecule has 40 heavy (non-hydrogen) atoms. The van der Waals surface area contributed by atoms with Gasteiger partial charge in [0.05, 0.1) is 5.69 Å². The van der Waals surface area contributed by atoms with E-state index >= 15 is 0 Å². The number of aliphatic imine (C=N–C) groups is 1. The van der Waals surface area contributed by atoms with Crippen molar-refractivity contribution in [3.8, 4) is 0 Å². The van der Waals surface area contributed by atoms with E-state index in [4.69, 9.17) is 20.7 Å². The molecule has 4 aromatic rings. The number of carboxylic acid groups (broad SMARTS) is 1. The second-order valence-electron chi connectivity index (χ2n) is 8.68. The number of guanidine groups is 1. The highest BCUT2D eigenvalue weighted by Crippen LogP contribution is 2.62. The number of hydrogen-bond acceptors (Lipinski definition) is 6. The largest absolute Gasteiger partial charge is 0.479 e. The first-order chi connectivity index (χ1) is 19.2. The van der Waals surface area contributed by atoms with Crippen molar-refractivity contribution in [2.24, 2.45) is 16.5 Å². The summed E-state index contributed by atoms with van der Waals surface area (Å²) in [6.07, 6.45) is -1.25. The van der Waals surface area contributed by atoms with Crippen LogP contribution in [0.5, 0.6) is 0 Å². The summed E-state index contributed by atoms with van der Waals surface area (Å²) in [6.45, 7) is -0.0200. The molecule has 11 nitrogen and oxygen atoms in total. The molecule has 0 saturated carbocycles. The lowest BCUT2D eigenvalue weighted by atomic mass is 10.1. The summed E-state index contributed by atoms with van der Waals surface area (Å²) in [6, 6.07) is 26.0. The fourth-order valence-electron chi connectivity index (χ4n) is 4.10. The second-order valence-corrected chi connectivity index (χ2v) is 10.5. The first-order valence-corrected chi connectivity index (χ1v) is 13.7. The predicted molar refractivity (Wildman–Crippen MR) is 148 cm³/mol. The molecule has 0 aliphatic rings. The van der Waals surface area contributed by atoms with Crippen LogP contribution in [0.1, 0.15) is 34.1 Å². The summed E-state index contributed by atoms with van der Waals surface area (Å²) in [5, 5.41) is 9.94. The average molecular weight is 563 g/mol. The zero-order chi connectivity index (χ0) is 28.7. The molecule has 0 saturated heterocycles. The van der Waals surface area contributed by atoms with Gasteiger partial charge in [0.15, 0.2) is 12.1 Å². The molecule has 0 radical (unpaired) electrons. The Bertz CT molecular complexity index is 1550. The van der Waals surface area contributed by atoms with Gasteiger partial charge in [-0.25, -0.2) is 14.6 Å². The molecule has 4 rings (SSSR count). The van der Waals surface area contributed by atoms with Crippen molar-refractivity contribution >= 4 is 31.3 Å².